The Hall–Kier alpha value is -2.63. The van der Waals surface area contributed by atoms with Gasteiger partial charge in [0.25, 0.3) is 0 Å². The predicted molar refractivity (Wildman–Crippen MR) is 83.6 cm³/mol. The summed E-state index contributed by atoms with van der Waals surface area (Å²) >= 11 is 0. The smallest absolute Gasteiger partial charge is 0.226 e. The molecule has 0 bridgehead atoms. The Labute approximate surface area is 128 Å². The van der Waals surface area contributed by atoms with Crippen LogP contribution in [0, 0.1) is 6.92 Å². The Bertz CT molecular complexity index is 647. The van der Waals surface area contributed by atoms with Crippen molar-refractivity contribution in [1.29, 1.82) is 0 Å². The molecular formula is C16H19N3O3. The van der Waals surface area contributed by atoms with Crippen LogP contribution < -0.4 is 10.6 Å². The van der Waals surface area contributed by atoms with Crippen LogP contribution in [-0.4, -0.2) is 17.0 Å². The van der Waals surface area contributed by atoms with Crippen molar-refractivity contribution in [2.45, 2.75) is 33.1 Å². The van der Waals surface area contributed by atoms with E-state index in [0.717, 1.165) is 12.1 Å². The molecule has 0 radical (unpaired) electrons. The van der Waals surface area contributed by atoms with Gasteiger partial charge in [-0.2, -0.15) is 0 Å². The number of rotatable bonds is 6. The normalized spacial score (nSPS) is 10.3. The second-order valence-electron chi connectivity index (χ2n) is 4.97. The Kier molecular flexibility index (Phi) is 5.30. The van der Waals surface area contributed by atoms with Gasteiger partial charge in [-0.15, -0.1) is 0 Å². The minimum absolute atomic E-state index is 0.0881. The Morgan fingerprint density at radius 1 is 1.09 bits per heavy atom. The van der Waals surface area contributed by atoms with Crippen molar-refractivity contribution in [3.63, 3.8) is 0 Å². The lowest BCUT2D eigenvalue weighted by Crippen LogP contribution is -2.17. The van der Waals surface area contributed by atoms with Crippen LogP contribution in [0.25, 0.3) is 0 Å². The number of hydrogen-bond acceptors (Lipinski definition) is 4. The van der Waals surface area contributed by atoms with E-state index in [2.05, 4.69) is 22.7 Å². The van der Waals surface area contributed by atoms with Crippen LogP contribution in [0.15, 0.2) is 34.9 Å². The van der Waals surface area contributed by atoms with Gasteiger partial charge in [-0.3, -0.25) is 9.59 Å². The fourth-order valence-electron chi connectivity index (χ4n) is 1.90. The number of benzene rings is 1. The van der Waals surface area contributed by atoms with Crippen LogP contribution >= 0.6 is 0 Å². The summed E-state index contributed by atoms with van der Waals surface area (Å²) in [5, 5.41) is 9.00. The molecule has 2 N–H and O–H groups in total. The van der Waals surface area contributed by atoms with E-state index < -0.39 is 0 Å². The first-order chi connectivity index (χ1) is 10.6. The van der Waals surface area contributed by atoms with Gasteiger partial charge in [0.05, 0.1) is 0 Å². The van der Waals surface area contributed by atoms with Gasteiger partial charge in [0.2, 0.25) is 11.8 Å². The van der Waals surface area contributed by atoms with Crippen LogP contribution in [0.5, 0.6) is 0 Å². The number of carbonyl (C=O) groups is 2. The van der Waals surface area contributed by atoms with E-state index in [1.807, 2.05) is 24.3 Å². The molecule has 0 saturated carbocycles. The molecule has 0 aliphatic carbocycles. The molecule has 0 unspecified atom stereocenters. The number of amides is 2. The number of carbonyl (C=O) groups excluding carboxylic acids is 2. The molecule has 0 aliphatic heterocycles. The number of nitrogens with one attached hydrogen (secondary N) is 2. The van der Waals surface area contributed by atoms with E-state index in [4.69, 9.17) is 4.52 Å². The van der Waals surface area contributed by atoms with Crippen molar-refractivity contribution < 1.29 is 14.1 Å². The monoisotopic (exact) mass is 301 g/mol. The van der Waals surface area contributed by atoms with Crippen LogP contribution in [0.3, 0.4) is 0 Å². The van der Waals surface area contributed by atoms with Gasteiger partial charge in [-0.1, -0.05) is 24.2 Å². The minimum atomic E-state index is -0.273. The molecule has 0 atom stereocenters. The molecule has 1 heterocycles. The molecule has 0 fully saturated rings. The molecule has 0 spiro atoms. The summed E-state index contributed by atoms with van der Waals surface area (Å²) in [4.78, 5) is 23.5. The van der Waals surface area contributed by atoms with Crippen molar-refractivity contribution in [2.24, 2.45) is 0 Å². The first-order valence-corrected chi connectivity index (χ1v) is 7.19. The van der Waals surface area contributed by atoms with E-state index in [0.29, 0.717) is 11.6 Å². The molecule has 0 aliphatic rings. The summed E-state index contributed by atoms with van der Waals surface area (Å²) in [7, 11) is 0. The standard InChI is InChI=1S/C16H19N3O3/c1-3-12-4-6-13(7-5-12)17-15(20)8-9-16(21)18-14-10-11(2)22-19-14/h4-7,10H,3,8-9H2,1-2H3,(H,17,20)(H,18,19,21). The quantitative estimate of drug-likeness (QED) is 0.859. The molecule has 1 aromatic carbocycles. The lowest BCUT2D eigenvalue weighted by molar-refractivity contribution is -0.121. The number of aromatic nitrogens is 1. The molecule has 6 nitrogen and oxygen atoms in total. The second kappa shape index (κ2) is 7.40. The first-order valence-electron chi connectivity index (χ1n) is 7.19. The predicted octanol–water partition coefficient (Wildman–Crippen LogP) is 2.90. The average molecular weight is 301 g/mol. The highest BCUT2D eigenvalue weighted by molar-refractivity contribution is 5.96. The fourth-order valence-corrected chi connectivity index (χ4v) is 1.90. The Balaban J connectivity index is 1.75. The molecule has 2 rings (SSSR count). The summed E-state index contributed by atoms with van der Waals surface area (Å²) in [6, 6.07) is 9.27. The maximum Gasteiger partial charge on any atom is 0.226 e. The Morgan fingerprint density at radius 3 is 2.27 bits per heavy atom. The number of nitrogens with zero attached hydrogens (tertiary/aromatic N) is 1. The highest BCUT2D eigenvalue weighted by Crippen LogP contribution is 2.11. The van der Waals surface area contributed by atoms with E-state index in [9.17, 15) is 9.59 Å². The molecular weight excluding hydrogens is 282 g/mol. The molecule has 6 heteroatoms. The topological polar surface area (TPSA) is 84.2 Å². The molecule has 1 aromatic heterocycles. The van der Waals surface area contributed by atoms with E-state index >= 15 is 0 Å². The third kappa shape index (κ3) is 4.73. The summed E-state index contributed by atoms with van der Waals surface area (Å²) < 4.78 is 4.84. The maximum absolute atomic E-state index is 11.8. The zero-order valence-corrected chi connectivity index (χ0v) is 12.7. The van der Waals surface area contributed by atoms with Crippen molar-refractivity contribution >= 4 is 23.3 Å². The number of hydrogen-bond donors (Lipinski definition) is 2. The Morgan fingerprint density at radius 2 is 1.73 bits per heavy atom. The largest absolute Gasteiger partial charge is 0.360 e. The fraction of sp³-hybridized carbons (Fsp3) is 0.312. The number of aryl methyl sites for hydroxylation is 2. The molecule has 2 aromatic rings. The lowest BCUT2D eigenvalue weighted by atomic mass is 10.1. The van der Waals surface area contributed by atoms with Gasteiger partial charge in [-0.05, 0) is 31.0 Å². The highest BCUT2D eigenvalue weighted by atomic mass is 16.5. The summed E-state index contributed by atoms with van der Waals surface area (Å²) in [6.45, 7) is 3.81. The third-order valence-corrected chi connectivity index (χ3v) is 3.12. The van der Waals surface area contributed by atoms with Crippen molar-refractivity contribution in [1.82, 2.24) is 5.16 Å². The van der Waals surface area contributed by atoms with Gasteiger partial charge in [-0.25, -0.2) is 0 Å². The van der Waals surface area contributed by atoms with Gasteiger partial charge in [0.15, 0.2) is 5.82 Å². The average Bonchev–Trinajstić information content (AvgIpc) is 2.91. The molecule has 116 valence electrons. The molecule has 22 heavy (non-hydrogen) atoms. The van der Waals surface area contributed by atoms with Crippen molar-refractivity contribution in [2.75, 3.05) is 10.6 Å². The zero-order chi connectivity index (χ0) is 15.9. The van der Waals surface area contributed by atoms with Crippen LogP contribution in [0.2, 0.25) is 0 Å². The zero-order valence-electron chi connectivity index (χ0n) is 12.7. The highest BCUT2D eigenvalue weighted by Gasteiger charge is 2.09. The molecule has 2 amide bonds. The summed E-state index contributed by atoms with van der Waals surface area (Å²) in [5.74, 6) is 0.502. The second-order valence-corrected chi connectivity index (χ2v) is 4.97. The van der Waals surface area contributed by atoms with Gasteiger partial charge >= 0.3 is 0 Å². The van der Waals surface area contributed by atoms with E-state index in [1.54, 1.807) is 13.0 Å². The minimum Gasteiger partial charge on any atom is -0.360 e. The van der Waals surface area contributed by atoms with Gasteiger partial charge in [0, 0.05) is 24.6 Å². The summed E-state index contributed by atoms with van der Waals surface area (Å²) in [5.41, 5.74) is 1.94. The van der Waals surface area contributed by atoms with E-state index in [1.165, 1.54) is 5.56 Å². The maximum atomic E-state index is 11.8. The molecule has 0 saturated heterocycles. The van der Waals surface area contributed by atoms with Crippen LogP contribution in [-0.2, 0) is 16.0 Å². The van der Waals surface area contributed by atoms with Crippen molar-refractivity contribution in [3.05, 3.63) is 41.7 Å². The van der Waals surface area contributed by atoms with E-state index in [-0.39, 0.29) is 24.7 Å². The SMILES string of the molecule is CCc1ccc(NC(=O)CCC(=O)Nc2cc(C)on2)cc1. The van der Waals surface area contributed by atoms with Crippen LogP contribution in [0.1, 0.15) is 31.1 Å². The third-order valence-electron chi connectivity index (χ3n) is 3.12. The van der Waals surface area contributed by atoms with Gasteiger partial charge < -0.3 is 15.2 Å². The van der Waals surface area contributed by atoms with Crippen LogP contribution in [0.4, 0.5) is 11.5 Å². The van der Waals surface area contributed by atoms with Gasteiger partial charge in [0.1, 0.15) is 5.76 Å². The number of anilines is 2. The first kappa shape index (κ1) is 15.8. The lowest BCUT2D eigenvalue weighted by Gasteiger charge is -2.06. The van der Waals surface area contributed by atoms with Crippen molar-refractivity contribution in [3.8, 4) is 0 Å². The summed E-state index contributed by atoms with van der Waals surface area (Å²) in [6.07, 6.45) is 1.15.